The molecule has 1 fully saturated rings. The number of amides is 1. The van der Waals surface area contributed by atoms with Crippen LogP contribution in [0.3, 0.4) is 0 Å². The van der Waals surface area contributed by atoms with Gasteiger partial charge in [-0.15, -0.1) is 0 Å². The van der Waals surface area contributed by atoms with E-state index in [1.807, 2.05) is 4.90 Å². The number of carbonyl (C=O) groups excluding carboxylic acids is 2. The Labute approximate surface area is 167 Å². The average molecular weight is 401 g/mol. The molecule has 1 amide bonds. The second-order valence-electron chi connectivity index (χ2n) is 6.89. The number of hydrogen-bond donors (Lipinski definition) is 1. The minimum atomic E-state index is -0.793. The van der Waals surface area contributed by atoms with Crippen LogP contribution in [0.5, 0.6) is 0 Å². The minimum Gasteiger partial charge on any atom is -0.467 e. The maximum absolute atomic E-state index is 12.3. The van der Waals surface area contributed by atoms with Gasteiger partial charge in [0.05, 0.1) is 22.8 Å². The van der Waals surface area contributed by atoms with Gasteiger partial charge in [-0.25, -0.2) is 4.79 Å². The zero-order valence-electron chi connectivity index (χ0n) is 16.1. The molecule has 2 heterocycles. The summed E-state index contributed by atoms with van der Waals surface area (Å²) >= 11 is 0. The van der Waals surface area contributed by atoms with Gasteiger partial charge in [0.25, 0.3) is 11.6 Å². The highest BCUT2D eigenvalue weighted by Gasteiger charge is 2.24. The molecule has 1 atom stereocenters. The van der Waals surface area contributed by atoms with Gasteiger partial charge in [-0.2, -0.15) is 0 Å². The van der Waals surface area contributed by atoms with Crippen molar-refractivity contribution in [3.63, 3.8) is 0 Å². The zero-order chi connectivity index (χ0) is 20.8. The van der Waals surface area contributed by atoms with Gasteiger partial charge in [-0.1, -0.05) is 0 Å². The van der Waals surface area contributed by atoms with E-state index >= 15 is 0 Å². The average Bonchev–Trinajstić information content (AvgIpc) is 3.27. The number of esters is 1. The Morgan fingerprint density at radius 1 is 1.28 bits per heavy atom. The lowest BCUT2D eigenvalue weighted by Gasteiger charge is -2.28. The monoisotopic (exact) mass is 401 g/mol. The van der Waals surface area contributed by atoms with Crippen molar-refractivity contribution in [2.24, 2.45) is 0 Å². The summed E-state index contributed by atoms with van der Waals surface area (Å²) in [6.45, 7) is 2.74. The van der Waals surface area contributed by atoms with Crippen molar-refractivity contribution in [2.75, 3.05) is 24.6 Å². The smallest absolute Gasteiger partial charge is 0.338 e. The molecular weight excluding hydrogens is 378 g/mol. The van der Waals surface area contributed by atoms with Gasteiger partial charge >= 0.3 is 5.97 Å². The van der Waals surface area contributed by atoms with E-state index in [4.69, 9.17) is 9.15 Å². The van der Waals surface area contributed by atoms with Crippen LogP contribution in [0.1, 0.15) is 48.3 Å². The van der Waals surface area contributed by atoms with E-state index in [2.05, 4.69) is 5.32 Å². The SMILES string of the molecule is C[C@@H](NC(=O)COC(=O)c1ccc(N2CCCCC2)c([N+](=O)[O-])c1)c1ccco1. The highest BCUT2D eigenvalue weighted by molar-refractivity contribution is 5.93. The quantitative estimate of drug-likeness (QED) is 0.430. The summed E-state index contributed by atoms with van der Waals surface area (Å²) in [6, 6.07) is 7.32. The maximum Gasteiger partial charge on any atom is 0.338 e. The van der Waals surface area contributed by atoms with E-state index in [1.165, 1.54) is 18.4 Å². The van der Waals surface area contributed by atoms with E-state index in [0.717, 1.165) is 32.4 Å². The number of furan rings is 1. The first-order chi connectivity index (χ1) is 14.0. The molecule has 0 saturated carbocycles. The lowest BCUT2D eigenvalue weighted by molar-refractivity contribution is -0.384. The van der Waals surface area contributed by atoms with Gasteiger partial charge in [0, 0.05) is 19.2 Å². The van der Waals surface area contributed by atoms with Crippen molar-refractivity contribution in [2.45, 2.75) is 32.2 Å². The van der Waals surface area contributed by atoms with Crippen molar-refractivity contribution >= 4 is 23.3 Å². The fourth-order valence-electron chi connectivity index (χ4n) is 3.31. The molecule has 0 spiro atoms. The molecule has 29 heavy (non-hydrogen) atoms. The standard InChI is InChI=1S/C20H23N3O6/c1-14(18-6-5-11-28-18)21-19(24)13-29-20(25)15-7-8-16(17(12-15)23(26)27)22-9-3-2-4-10-22/h5-8,11-12,14H,2-4,9-10,13H2,1H3,(H,21,24)/t14-/m1/s1. The number of anilines is 1. The Bertz CT molecular complexity index is 874. The fourth-order valence-corrected chi connectivity index (χ4v) is 3.31. The molecule has 1 aromatic carbocycles. The molecule has 9 nitrogen and oxygen atoms in total. The number of nitrogens with one attached hydrogen (secondary N) is 1. The zero-order valence-corrected chi connectivity index (χ0v) is 16.1. The van der Waals surface area contributed by atoms with Crippen LogP contribution in [0.15, 0.2) is 41.0 Å². The number of nitro groups is 1. The molecule has 1 aliphatic rings. The highest BCUT2D eigenvalue weighted by Crippen LogP contribution is 2.31. The molecule has 1 N–H and O–H groups in total. The topological polar surface area (TPSA) is 115 Å². The van der Waals surface area contributed by atoms with Crippen LogP contribution < -0.4 is 10.2 Å². The lowest BCUT2D eigenvalue weighted by Crippen LogP contribution is -2.31. The predicted molar refractivity (Wildman–Crippen MR) is 105 cm³/mol. The molecule has 0 radical (unpaired) electrons. The molecular formula is C20H23N3O6. The number of nitrogens with zero attached hydrogens (tertiary/aromatic N) is 2. The molecule has 1 aromatic heterocycles. The summed E-state index contributed by atoms with van der Waals surface area (Å²) < 4.78 is 10.2. The molecule has 2 aromatic rings. The van der Waals surface area contributed by atoms with Crippen LogP contribution in [0.25, 0.3) is 0 Å². The van der Waals surface area contributed by atoms with E-state index in [1.54, 1.807) is 25.1 Å². The third-order valence-corrected chi connectivity index (χ3v) is 4.79. The summed E-state index contributed by atoms with van der Waals surface area (Å²) in [5.74, 6) is -0.714. The molecule has 0 bridgehead atoms. The Hall–Kier alpha value is -3.36. The number of piperidine rings is 1. The summed E-state index contributed by atoms with van der Waals surface area (Å²) in [5, 5.41) is 14.1. The second kappa shape index (κ2) is 9.22. The largest absolute Gasteiger partial charge is 0.467 e. The Morgan fingerprint density at radius 2 is 2.03 bits per heavy atom. The number of ether oxygens (including phenoxy) is 1. The van der Waals surface area contributed by atoms with Crippen molar-refractivity contribution in [1.29, 1.82) is 0 Å². The number of rotatable bonds is 7. The van der Waals surface area contributed by atoms with Gasteiger partial charge in [-0.05, 0) is 50.5 Å². The van der Waals surface area contributed by atoms with Crippen molar-refractivity contribution in [3.05, 3.63) is 58.0 Å². The van der Waals surface area contributed by atoms with Gasteiger partial charge in [0.1, 0.15) is 11.4 Å². The van der Waals surface area contributed by atoms with E-state index < -0.39 is 23.4 Å². The molecule has 0 unspecified atom stereocenters. The molecule has 9 heteroatoms. The first-order valence-electron chi connectivity index (χ1n) is 9.49. The van der Waals surface area contributed by atoms with Crippen LogP contribution in [-0.2, 0) is 9.53 Å². The summed E-state index contributed by atoms with van der Waals surface area (Å²) in [4.78, 5) is 37.2. The van der Waals surface area contributed by atoms with Crippen LogP contribution in [0.2, 0.25) is 0 Å². The van der Waals surface area contributed by atoms with E-state index in [0.29, 0.717) is 11.4 Å². The van der Waals surface area contributed by atoms with Gasteiger partial charge in [0.2, 0.25) is 0 Å². The molecule has 1 aliphatic heterocycles. The third-order valence-electron chi connectivity index (χ3n) is 4.79. The number of nitro benzene ring substituents is 1. The first-order valence-corrected chi connectivity index (χ1v) is 9.49. The van der Waals surface area contributed by atoms with Gasteiger partial charge in [0.15, 0.2) is 6.61 Å². The minimum absolute atomic E-state index is 0.0318. The third kappa shape index (κ3) is 5.13. The summed E-state index contributed by atoms with van der Waals surface area (Å²) in [5.41, 5.74) is 0.387. The first kappa shape index (κ1) is 20.4. The Balaban J connectivity index is 1.62. The predicted octanol–water partition coefficient (Wildman–Crippen LogP) is 3.21. The van der Waals surface area contributed by atoms with Crippen LogP contribution in [0.4, 0.5) is 11.4 Å². The molecule has 154 valence electrons. The van der Waals surface area contributed by atoms with Gasteiger partial charge in [-0.3, -0.25) is 14.9 Å². The number of carbonyl (C=O) groups is 2. The van der Waals surface area contributed by atoms with Crippen molar-refractivity contribution in [1.82, 2.24) is 5.32 Å². The van der Waals surface area contributed by atoms with Crippen molar-refractivity contribution in [3.8, 4) is 0 Å². The highest BCUT2D eigenvalue weighted by atomic mass is 16.6. The Morgan fingerprint density at radius 3 is 2.69 bits per heavy atom. The Kier molecular flexibility index (Phi) is 6.48. The van der Waals surface area contributed by atoms with Crippen molar-refractivity contribution < 1.29 is 23.7 Å². The van der Waals surface area contributed by atoms with Gasteiger partial charge < -0.3 is 19.4 Å². The maximum atomic E-state index is 12.3. The van der Waals surface area contributed by atoms with Crippen LogP contribution in [0, 0.1) is 10.1 Å². The lowest BCUT2D eigenvalue weighted by atomic mass is 10.1. The van der Waals surface area contributed by atoms with E-state index in [9.17, 15) is 19.7 Å². The van der Waals surface area contributed by atoms with Crippen LogP contribution >= 0.6 is 0 Å². The van der Waals surface area contributed by atoms with Crippen LogP contribution in [-0.4, -0.2) is 36.5 Å². The normalized spacial score (nSPS) is 14.9. The molecule has 0 aliphatic carbocycles. The fraction of sp³-hybridized carbons (Fsp3) is 0.400. The van der Waals surface area contributed by atoms with E-state index in [-0.39, 0.29) is 17.3 Å². The second-order valence-corrected chi connectivity index (χ2v) is 6.89. The number of hydrogen-bond acceptors (Lipinski definition) is 7. The summed E-state index contributed by atoms with van der Waals surface area (Å²) in [7, 11) is 0. The number of benzene rings is 1. The summed E-state index contributed by atoms with van der Waals surface area (Å²) in [6.07, 6.45) is 4.56. The molecule has 1 saturated heterocycles. The molecule has 3 rings (SSSR count).